The van der Waals surface area contributed by atoms with Gasteiger partial charge in [-0.05, 0) is 30.2 Å². The Bertz CT molecular complexity index is 578. The Morgan fingerprint density at radius 1 is 1.35 bits per heavy atom. The molecule has 0 unspecified atom stereocenters. The van der Waals surface area contributed by atoms with Crippen LogP contribution in [0, 0.1) is 0 Å². The molecule has 0 aliphatic carbocycles. The summed E-state index contributed by atoms with van der Waals surface area (Å²) in [4.78, 5) is 13.8. The third kappa shape index (κ3) is 2.72. The summed E-state index contributed by atoms with van der Waals surface area (Å²) >= 11 is 0. The largest absolute Gasteiger partial charge is 0.391 e. The van der Waals surface area contributed by atoms with E-state index in [0.29, 0.717) is 25.9 Å². The summed E-state index contributed by atoms with van der Waals surface area (Å²) in [6.45, 7) is 1.12. The smallest absolute Gasteiger partial charge is 0.227 e. The first-order chi connectivity index (χ1) is 9.72. The van der Waals surface area contributed by atoms with Crippen molar-refractivity contribution in [2.75, 3.05) is 13.1 Å². The maximum absolute atomic E-state index is 12.1. The molecule has 1 aliphatic rings. The molecule has 0 saturated carbocycles. The van der Waals surface area contributed by atoms with Crippen molar-refractivity contribution in [2.24, 2.45) is 0 Å². The Kier molecular flexibility index (Phi) is 3.52. The van der Waals surface area contributed by atoms with Gasteiger partial charge in [0.1, 0.15) is 0 Å². The zero-order valence-corrected chi connectivity index (χ0v) is 11.1. The molecule has 1 N–H and O–H groups in total. The molecule has 1 aliphatic heterocycles. The molecule has 1 amide bonds. The molecular weight excluding hydrogens is 254 g/mol. The molecule has 104 valence electrons. The number of carbonyl (C=O) groups is 1. The van der Waals surface area contributed by atoms with Crippen LogP contribution >= 0.6 is 0 Å². The Morgan fingerprint density at radius 3 is 2.75 bits per heavy atom. The molecule has 1 aromatic carbocycles. The van der Waals surface area contributed by atoms with E-state index in [9.17, 15) is 9.90 Å². The molecule has 20 heavy (non-hydrogen) atoms. The standard InChI is InChI=1S/C15H17N3O2/c19-14-6-9-17(11-14)15(20)10-12-2-4-13(5-3-12)18-8-1-7-16-18/h1-5,7-8,14,19H,6,9-11H2/t14-/m1/s1. The second-order valence-corrected chi connectivity index (χ2v) is 5.08. The maximum Gasteiger partial charge on any atom is 0.227 e. The molecule has 0 spiro atoms. The van der Waals surface area contributed by atoms with Gasteiger partial charge in [-0.15, -0.1) is 0 Å². The second kappa shape index (κ2) is 5.46. The molecule has 5 nitrogen and oxygen atoms in total. The van der Waals surface area contributed by atoms with Crippen LogP contribution in [0.3, 0.4) is 0 Å². The van der Waals surface area contributed by atoms with Gasteiger partial charge < -0.3 is 10.0 Å². The van der Waals surface area contributed by atoms with Crippen molar-refractivity contribution in [2.45, 2.75) is 18.9 Å². The van der Waals surface area contributed by atoms with Crippen LogP contribution in [-0.4, -0.2) is 44.9 Å². The minimum Gasteiger partial charge on any atom is -0.391 e. The number of aliphatic hydroxyl groups excluding tert-OH is 1. The Hall–Kier alpha value is -2.14. The van der Waals surface area contributed by atoms with Crippen molar-refractivity contribution in [3.05, 3.63) is 48.3 Å². The number of carbonyl (C=O) groups excluding carboxylic acids is 1. The topological polar surface area (TPSA) is 58.4 Å². The Labute approximate surface area is 117 Å². The maximum atomic E-state index is 12.1. The average Bonchev–Trinajstić information content (AvgIpc) is 3.10. The summed E-state index contributed by atoms with van der Waals surface area (Å²) in [5.74, 6) is 0.0772. The van der Waals surface area contributed by atoms with Gasteiger partial charge in [-0.2, -0.15) is 5.10 Å². The molecule has 3 rings (SSSR count). The predicted molar refractivity (Wildman–Crippen MR) is 74.5 cm³/mol. The lowest BCUT2D eigenvalue weighted by molar-refractivity contribution is -0.129. The number of amides is 1. The molecule has 1 saturated heterocycles. The van der Waals surface area contributed by atoms with Gasteiger partial charge in [-0.3, -0.25) is 4.79 Å². The van der Waals surface area contributed by atoms with Gasteiger partial charge in [-0.25, -0.2) is 4.68 Å². The highest BCUT2D eigenvalue weighted by Crippen LogP contribution is 2.13. The highest BCUT2D eigenvalue weighted by molar-refractivity contribution is 5.79. The van der Waals surface area contributed by atoms with E-state index >= 15 is 0 Å². The molecule has 5 heteroatoms. The molecule has 0 bridgehead atoms. The van der Waals surface area contributed by atoms with Gasteiger partial charge in [-0.1, -0.05) is 12.1 Å². The van der Waals surface area contributed by atoms with E-state index in [-0.39, 0.29) is 12.0 Å². The first-order valence-electron chi connectivity index (χ1n) is 6.77. The van der Waals surface area contributed by atoms with Gasteiger partial charge in [0.05, 0.1) is 18.2 Å². The van der Waals surface area contributed by atoms with Gasteiger partial charge in [0.2, 0.25) is 5.91 Å². The number of nitrogens with zero attached hydrogens (tertiary/aromatic N) is 3. The van der Waals surface area contributed by atoms with Gasteiger partial charge in [0, 0.05) is 25.5 Å². The SMILES string of the molecule is O=C(Cc1ccc(-n2cccn2)cc1)N1CC[C@@H](O)C1. The monoisotopic (exact) mass is 271 g/mol. The first-order valence-corrected chi connectivity index (χ1v) is 6.77. The predicted octanol–water partition coefficient (Wildman–Crippen LogP) is 1.01. The normalized spacial score (nSPS) is 18.4. The van der Waals surface area contributed by atoms with E-state index in [1.165, 1.54) is 0 Å². The van der Waals surface area contributed by atoms with Crippen molar-refractivity contribution in [3.8, 4) is 5.69 Å². The van der Waals surface area contributed by atoms with Crippen LogP contribution in [0.1, 0.15) is 12.0 Å². The van der Waals surface area contributed by atoms with Gasteiger partial charge in [0.15, 0.2) is 0 Å². The quantitative estimate of drug-likeness (QED) is 0.906. The number of aliphatic hydroxyl groups is 1. The van der Waals surface area contributed by atoms with E-state index in [0.717, 1.165) is 11.3 Å². The third-order valence-corrected chi connectivity index (χ3v) is 3.58. The van der Waals surface area contributed by atoms with Crippen molar-refractivity contribution in [1.29, 1.82) is 0 Å². The number of hydrogen-bond donors (Lipinski definition) is 1. The van der Waals surface area contributed by atoms with Crippen LogP contribution in [0.4, 0.5) is 0 Å². The molecule has 2 aromatic rings. The summed E-state index contributed by atoms with van der Waals surface area (Å²) < 4.78 is 1.78. The average molecular weight is 271 g/mol. The van der Waals surface area contributed by atoms with Crippen molar-refractivity contribution in [1.82, 2.24) is 14.7 Å². The number of benzene rings is 1. The lowest BCUT2D eigenvalue weighted by Crippen LogP contribution is -2.30. The lowest BCUT2D eigenvalue weighted by atomic mass is 10.1. The highest BCUT2D eigenvalue weighted by Gasteiger charge is 2.24. The van der Waals surface area contributed by atoms with Crippen LogP contribution in [0.5, 0.6) is 0 Å². The second-order valence-electron chi connectivity index (χ2n) is 5.08. The number of aromatic nitrogens is 2. The number of rotatable bonds is 3. The molecule has 1 atom stereocenters. The number of likely N-dealkylation sites (tertiary alicyclic amines) is 1. The van der Waals surface area contributed by atoms with E-state index in [2.05, 4.69) is 5.10 Å². The summed E-state index contributed by atoms with van der Waals surface area (Å²) in [6.07, 6.45) is 4.32. The Morgan fingerprint density at radius 2 is 2.15 bits per heavy atom. The Balaban J connectivity index is 1.65. The zero-order valence-electron chi connectivity index (χ0n) is 11.1. The molecule has 2 heterocycles. The van der Waals surface area contributed by atoms with Crippen LogP contribution in [0.25, 0.3) is 5.69 Å². The highest BCUT2D eigenvalue weighted by atomic mass is 16.3. The van der Waals surface area contributed by atoms with Gasteiger partial charge >= 0.3 is 0 Å². The number of hydrogen-bond acceptors (Lipinski definition) is 3. The summed E-state index contributed by atoms with van der Waals surface area (Å²) in [7, 11) is 0. The van der Waals surface area contributed by atoms with E-state index in [4.69, 9.17) is 0 Å². The van der Waals surface area contributed by atoms with Crippen LogP contribution < -0.4 is 0 Å². The van der Waals surface area contributed by atoms with E-state index in [1.807, 2.05) is 36.5 Å². The van der Waals surface area contributed by atoms with Crippen LogP contribution in [0.2, 0.25) is 0 Å². The fourth-order valence-electron chi connectivity index (χ4n) is 2.44. The third-order valence-electron chi connectivity index (χ3n) is 3.58. The van der Waals surface area contributed by atoms with Crippen LogP contribution in [-0.2, 0) is 11.2 Å². The first kappa shape index (κ1) is 12.9. The number of β-amino-alcohol motifs (C(OH)–C–C–N with tert-alkyl or cyclic N) is 1. The van der Waals surface area contributed by atoms with Gasteiger partial charge in [0.25, 0.3) is 0 Å². The van der Waals surface area contributed by atoms with Crippen molar-refractivity contribution in [3.63, 3.8) is 0 Å². The fourth-order valence-corrected chi connectivity index (χ4v) is 2.44. The lowest BCUT2D eigenvalue weighted by Gasteiger charge is -2.15. The molecule has 1 fully saturated rings. The summed E-state index contributed by atoms with van der Waals surface area (Å²) in [5.41, 5.74) is 1.95. The molecular formula is C15H17N3O2. The summed E-state index contributed by atoms with van der Waals surface area (Å²) in [6, 6.07) is 9.67. The minimum atomic E-state index is -0.360. The van der Waals surface area contributed by atoms with Crippen molar-refractivity contribution < 1.29 is 9.90 Å². The summed E-state index contributed by atoms with van der Waals surface area (Å²) in [5, 5.41) is 13.6. The minimum absolute atomic E-state index is 0.0772. The fraction of sp³-hybridized carbons (Fsp3) is 0.333. The molecule has 1 aromatic heterocycles. The van der Waals surface area contributed by atoms with E-state index < -0.39 is 0 Å². The van der Waals surface area contributed by atoms with E-state index in [1.54, 1.807) is 15.8 Å². The zero-order chi connectivity index (χ0) is 13.9. The van der Waals surface area contributed by atoms with Crippen molar-refractivity contribution >= 4 is 5.91 Å². The van der Waals surface area contributed by atoms with Crippen LogP contribution in [0.15, 0.2) is 42.7 Å². The molecule has 0 radical (unpaired) electrons.